The fraction of sp³-hybridized carbons (Fsp3) is 0.278. The van der Waals surface area contributed by atoms with Crippen LogP contribution in [0.15, 0.2) is 42.5 Å². The Morgan fingerprint density at radius 2 is 1.86 bits per heavy atom. The Hall–Kier alpha value is -1.87. The quantitative estimate of drug-likeness (QED) is 0.758. The third kappa shape index (κ3) is 4.30. The van der Waals surface area contributed by atoms with Crippen molar-refractivity contribution in [3.05, 3.63) is 59.2 Å². The Bertz CT molecular complexity index is 618. The van der Waals surface area contributed by atoms with Crippen LogP contribution in [0, 0.1) is 6.92 Å². The molecule has 3 heteroatoms. The number of aryl methyl sites for hydroxylation is 2. The standard InChI is InChI=1S/C18H22N2S/c1-3-4-5-14-7-9-15(10-8-14)20-17-11-6-13(2)12-16(17)18(19)21/h6-12,20H,3-5H2,1-2H3,(H2,19,21). The van der Waals surface area contributed by atoms with E-state index in [-0.39, 0.29) is 0 Å². The topological polar surface area (TPSA) is 38.0 Å². The van der Waals surface area contributed by atoms with Gasteiger partial charge in [0, 0.05) is 16.9 Å². The van der Waals surface area contributed by atoms with Gasteiger partial charge in [0.2, 0.25) is 0 Å². The first kappa shape index (κ1) is 15.5. The van der Waals surface area contributed by atoms with Gasteiger partial charge in [-0.15, -0.1) is 0 Å². The number of benzene rings is 2. The average Bonchev–Trinajstić information content (AvgIpc) is 2.48. The second kappa shape index (κ2) is 7.23. The molecule has 0 unspecified atom stereocenters. The molecule has 0 heterocycles. The van der Waals surface area contributed by atoms with Crippen LogP contribution in [0.1, 0.15) is 36.5 Å². The van der Waals surface area contributed by atoms with E-state index in [1.807, 2.05) is 19.1 Å². The number of hydrogen-bond donors (Lipinski definition) is 2. The summed E-state index contributed by atoms with van der Waals surface area (Å²) in [6.07, 6.45) is 3.59. The van der Waals surface area contributed by atoms with Crippen molar-refractivity contribution in [2.75, 3.05) is 5.32 Å². The van der Waals surface area contributed by atoms with Crippen molar-refractivity contribution in [1.29, 1.82) is 0 Å². The molecule has 0 amide bonds. The Morgan fingerprint density at radius 1 is 1.14 bits per heavy atom. The van der Waals surface area contributed by atoms with Gasteiger partial charge in [0.15, 0.2) is 0 Å². The minimum absolute atomic E-state index is 0.417. The zero-order valence-corrected chi connectivity index (χ0v) is 13.5. The minimum Gasteiger partial charge on any atom is -0.389 e. The highest BCUT2D eigenvalue weighted by Crippen LogP contribution is 2.23. The Labute approximate surface area is 132 Å². The van der Waals surface area contributed by atoms with Gasteiger partial charge < -0.3 is 11.1 Å². The lowest BCUT2D eigenvalue weighted by atomic mass is 10.1. The summed E-state index contributed by atoms with van der Waals surface area (Å²) in [4.78, 5) is 0.417. The monoisotopic (exact) mass is 298 g/mol. The molecule has 0 fully saturated rings. The summed E-state index contributed by atoms with van der Waals surface area (Å²) in [7, 11) is 0. The van der Waals surface area contributed by atoms with Gasteiger partial charge >= 0.3 is 0 Å². The Kier molecular flexibility index (Phi) is 5.34. The van der Waals surface area contributed by atoms with Crippen molar-refractivity contribution >= 4 is 28.6 Å². The van der Waals surface area contributed by atoms with Crippen LogP contribution in [0.5, 0.6) is 0 Å². The second-order valence-corrected chi connectivity index (χ2v) is 5.78. The first-order valence-electron chi connectivity index (χ1n) is 7.36. The van der Waals surface area contributed by atoms with Crippen LogP contribution >= 0.6 is 12.2 Å². The van der Waals surface area contributed by atoms with E-state index >= 15 is 0 Å². The van der Waals surface area contributed by atoms with Crippen LogP contribution in [0.3, 0.4) is 0 Å². The van der Waals surface area contributed by atoms with Crippen molar-refractivity contribution in [1.82, 2.24) is 0 Å². The van der Waals surface area contributed by atoms with Crippen molar-refractivity contribution in [3.63, 3.8) is 0 Å². The molecule has 2 aromatic carbocycles. The predicted molar refractivity (Wildman–Crippen MR) is 95.4 cm³/mol. The van der Waals surface area contributed by atoms with Gasteiger partial charge in [0.1, 0.15) is 4.99 Å². The highest BCUT2D eigenvalue weighted by atomic mass is 32.1. The maximum Gasteiger partial charge on any atom is 0.106 e. The van der Waals surface area contributed by atoms with Crippen molar-refractivity contribution in [3.8, 4) is 0 Å². The van der Waals surface area contributed by atoms with Crippen LogP contribution in [-0.2, 0) is 6.42 Å². The zero-order chi connectivity index (χ0) is 15.2. The van der Waals surface area contributed by atoms with Crippen LogP contribution < -0.4 is 11.1 Å². The number of thiocarbonyl (C=S) groups is 1. The van der Waals surface area contributed by atoms with Crippen molar-refractivity contribution in [2.45, 2.75) is 33.1 Å². The first-order chi connectivity index (χ1) is 10.1. The van der Waals surface area contributed by atoms with E-state index in [1.165, 1.54) is 18.4 Å². The molecule has 2 aromatic rings. The summed E-state index contributed by atoms with van der Waals surface area (Å²) in [5, 5.41) is 3.40. The van der Waals surface area contributed by atoms with Gasteiger partial charge in [0.25, 0.3) is 0 Å². The van der Waals surface area contributed by atoms with Crippen LogP contribution in [-0.4, -0.2) is 4.99 Å². The molecule has 0 saturated carbocycles. The molecule has 0 radical (unpaired) electrons. The minimum atomic E-state index is 0.417. The van der Waals surface area contributed by atoms with Crippen LogP contribution in [0.25, 0.3) is 0 Å². The van der Waals surface area contributed by atoms with Gasteiger partial charge in [-0.2, -0.15) is 0 Å². The molecular formula is C18H22N2S. The molecule has 21 heavy (non-hydrogen) atoms. The summed E-state index contributed by atoms with van der Waals surface area (Å²) < 4.78 is 0. The third-order valence-corrected chi connectivity index (χ3v) is 3.71. The number of anilines is 2. The molecule has 0 bridgehead atoms. The van der Waals surface area contributed by atoms with E-state index in [9.17, 15) is 0 Å². The lowest BCUT2D eigenvalue weighted by molar-refractivity contribution is 0.795. The highest BCUT2D eigenvalue weighted by Gasteiger charge is 2.06. The summed E-state index contributed by atoms with van der Waals surface area (Å²) in [5.74, 6) is 0. The van der Waals surface area contributed by atoms with Crippen molar-refractivity contribution in [2.24, 2.45) is 5.73 Å². The molecule has 0 atom stereocenters. The lowest BCUT2D eigenvalue weighted by Gasteiger charge is -2.12. The first-order valence-corrected chi connectivity index (χ1v) is 7.77. The summed E-state index contributed by atoms with van der Waals surface area (Å²) in [5.41, 5.74) is 11.2. The Balaban J connectivity index is 2.16. The van der Waals surface area contributed by atoms with E-state index in [2.05, 4.69) is 42.6 Å². The average molecular weight is 298 g/mol. The van der Waals surface area contributed by atoms with Gasteiger partial charge in [0.05, 0.1) is 0 Å². The van der Waals surface area contributed by atoms with Crippen LogP contribution in [0.2, 0.25) is 0 Å². The van der Waals surface area contributed by atoms with Gasteiger partial charge in [-0.05, 0) is 49.6 Å². The van der Waals surface area contributed by atoms with Gasteiger partial charge in [-0.25, -0.2) is 0 Å². The summed E-state index contributed by atoms with van der Waals surface area (Å²) in [6.45, 7) is 4.25. The van der Waals surface area contributed by atoms with Gasteiger partial charge in [-0.1, -0.05) is 49.3 Å². The lowest BCUT2D eigenvalue weighted by Crippen LogP contribution is -2.12. The summed E-state index contributed by atoms with van der Waals surface area (Å²) >= 11 is 5.13. The van der Waals surface area contributed by atoms with Crippen molar-refractivity contribution < 1.29 is 0 Å². The number of nitrogens with two attached hydrogens (primary N) is 1. The molecular weight excluding hydrogens is 276 g/mol. The Morgan fingerprint density at radius 3 is 2.48 bits per heavy atom. The fourth-order valence-electron chi connectivity index (χ4n) is 2.26. The molecule has 3 N–H and O–H groups in total. The SMILES string of the molecule is CCCCc1ccc(Nc2ccc(C)cc2C(N)=S)cc1. The molecule has 0 saturated heterocycles. The van der Waals surface area contributed by atoms with Crippen LogP contribution in [0.4, 0.5) is 11.4 Å². The third-order valence-electron chi connectivity index (χ3n) is 3.49. The zero-order valence-electron chi connectivity index (χ0n) is 12.6. The maximum absolute atomic E-state index is 5.81. The van der Waals surface area contributed by atoms with E-state index in [1.54, 1.807) is 0 Å². The van der Waals surface area contributed by atoms with E-state index in [0.717, 1.165) is 28.9 Å². The number of unbranched alkanes of at least 4 members (excludes halogenated alkanes) is 1. The predicted octanol–water partition coefficient (Wildman–Crippen LogP) is 4.72. The molecule has 0 aliphatic carbocycles. The largest absolute Gasteiger partial charge is 0.389 e. The van der Waals surface area contributed by atoms with E-state index in [0.29, 0.717) is 4.99 Å². The van der Waals surface area contributed by atoms with Gasteiger partial charge in [-0.3, -0.25) is 0 Å². The molecule has 110 valence electrons. The second-order valence-electron chi connectivity index (χ2n) is 5.34. The molecule has 0 aliphatic heterocycles. The highest BCUT2D eigenvalue weighted by molar-refractivity contribution is 7.80. The normalized spacial score (nSPS) is 10.4. The maximum atomic E-state index is 5.81. The van der Waals surface area contributed by atoms with E-state index < -0.39 is 0 Å². The molecule has 0 aliphatic rings. The number of rotatable bonds is 6. The molecule has 0 aromatic heterocycles. The molecule has 2 nitrogen and oxygen atoms in total. The number of hydrogen-bond acceptors (Lipinski definition) is 2. The van der Waals surface area contributed by atoms with E-state index in [4.69, 9.17) is 18.0 Å². The molecule has 0 spiro atoms. The summed E-state index contributed by atoms with van der Waals surface area (Å²) in [6, 6.07) is 14.6. The smallest absolute Gasteiger partial charge is 0.106 e. The molecule has 2 rings (SSSR count). The number of nitrogens with one attached hydrogen (secondary N) is 1. The fourth-order valence-corrected chi connectivity index (χ4v) is 2.43.